The summed E-state index contributed by atoms with van der Waals surface area (Å²) in [6, 6.07) is 4.49. The number of benzene rings is 1. The molecule has 0 unspecified atom stereocenters. The number of thioether (sulfide) groups is 1. The Bertz CT molecular complexity index is 496. The third-order valence-corrected chi connectivity index (χ3v) is 4.24. The molecule has 0 bridgehead atoms. The Labute approximate surface area is 102 Å². The quantitative estimate of drug-likeness (QED) is 0.673. The molecule has 5 heteroatoms. The highest BCUT2D eigenvalue weighted by Crippen LogP contribution is 2.30. The number of rotatable bonds is 3. The van der Waals surface area contributed by atoms with Gasteiger partial charge < -0.3 is 5.73 Å². The molecule has 0 aliphatic rings. The van der Waals surface area contributed by atoms with Crippen LogP contribution in [0.2, 0.25) is 0 Å². The first-order valence-corrected chi connectivity index (χ1v) is 6.54. The molecule has 16 heavy (non-hydrogen) atoms. The van der Waals surface area contributed by atoms with Crippen molar-refractivity contribution >= 4 is 28.8 Å². The van der Waals surface area contributed by atoms with Crippen LogP contribution >= 0.6 is 23.1 Å². The molecule has 0 aliphatic heterocycles. The van der Waals surface area contributed by atoms with E-state index in [-0.39, 0.29) is 5.82 Å². The summed E-state index contributed by atoms with van der Waals surface area (Å²) >= 11 is 3.27. The second-order valence-corrected chi connectivity index (χ2v) is 5.65. The highest BCUT2D eigenvalue weighted by Gasteiger charge is 2.04. The van der Waals surface area contributed by atoms with Crippen molar-refractivity contribution in [3.05, 3.63) is 40.1 Å². The van der Waals surface area contributed by atoms with Gasteiger partial charge in [-0.15, -0.1) is 23.1 Å². The summed E-state index contributed by atoms with van der Waals surface area (Å²) in [5, 5.41) is 1.06. The van der Waals surface area contributed by atoms with E-state index in [1.807, 2.05) is 13.1 Å². The lowest BCUT2D eigenvalue weighted by molar-refractivity contribution is 0.627. The lowest BCUT2D eigenvalue weighted by Crippen LogP contribution is -1.89. The Morgan fingerprint density at radius 1 is 1.50 bits per heavy atom. The van der Waals surface area contributed by atoms with Gasteiger partial charge in [0.2, 0.25) is 0 Å². The molecule has 0 saturated carbocycles. The van der Waals surface area contributed by atoms with E-state index in [1.54, 1.807) is 29.2 Å². The van der Waals surface area contributed by atoms with Crippen LogP contribution in [0.25, 0.3) is 0 Å². The highest BCUT2D eigenvalue weighted by molar-refractivity contribution is 7.98. The minimum atomic E-state index is -0.296. The van der Waals surface area contributed by atoms with Crippen LogP contribution < -0.4 is 5.73 Å². The Kier molecular flexibility index (Phi) is 3.46. The maximum Gasteiger partial charge on any atom is 0.125 e. The molecule has 1 aromatic carbocycles. The summed E-state index contributed by atoms with van der Waals surface area (Å²) in [5.41, 5.74) is 6.21. The van der Waals surface area contributed by atoms with Gasteiger partial charge in [-0.25, -0.2) is 9.37 Å². The van der Waals surface area contributed by atoms with Crippen LogP contribution in [0.3, 0.4) is 0 Å². The van der Waals surface area contributed by atoms with Crippen molar-refractivity contribution < 1.29 is 4.39 Å². The van der Waals surface area contributed by atoms with Crippen molar-refractivity contribution in [2.24, 2.45) is 0 Å². The number of halogens is 1. The zero-order valence-corrected chi connectivity index (χ0v) is 10.4. The maximum absolute atomic E-state index is 12.8. The number of hydrogen-bond donors (Lipinski definition) is 1. The first kappa shape index (κ1) is 11.4. The van der Waals surface area contributed by atoms with Crippen LogP contribution in [0, 0.1) is 12.7 Å². The Hall–Kier alpha value is -1.07. The van der Waals surface area contributed by atoms with Gasteiger partial charge in [0.05, 0.1) is 5.01 Å². The van der Waals surface area contributed by atoms with Gasteiger partial charge in [-0.2, -0.15) is 0 Å². The molecule has 0 aliphatic carbocycles. The van der Waals surface area contributed by atoms with Gasteiger partial charge in [0.15, 0.2) is 0 Å². The Morgan fingerprint density at radius 2 is 2.31 bits per heavy atom. The van der Waals surface area contributed by atoms with Crippen LogP contribution in [-0.4, -0.2) is 4.98 Å². The summed E-state index contributed by atoms with van der Waals surface area (Å²) in [6.45, 7) is 1.98. The molecular weight excluding hydrogens is 243 g/mol. The fourth-order valence-corrected chi connectivity index (χ4v) is 3.04. The predicted octanol–water partition coefficient (Wildman–Crippen LogP) is 3.47. The number of aryl methyl sites for hydroxylation is 1. The maximum atomic E-state index is 12.8. The van der Waals surface area contributed by atoms with Gasteiger partial charge in [0.1, 0.15) is 5.82 Å². The molecule has 0 radical (unpaired) electrons. The van der Waals surface area contributed by atoms with Crippen LogP contribution in [0.15, 0.2) is 29.3 Å². The van der Waals surface area contributed by atoms with Crippen molar-refractivity contribution in [1.82, 2.24) is 4.98 Å². The summed E-state index contributed by atoms with van der Waals surface area (Å²) < 4.78 is 12.8. The van der Waals surface area contributed by atoms with E-state index in [9.17, 15) is 4.39 Å². The molecule has 0 amide bonds. The minimum absolute atomic E-state index is 0.296. The van der Waals surface area contributed by atoms with Crippen molar-refractivity contribution in [2.75, 3.05) is 5.73 Å². The molecular formula is C11H11FN2S2. The fraction of sp³-hybridized carbons (Fsp3) is 0.182. The third-order valence-electron chi connectivity index (χ3n) is 2.01. The number of nitrogens with two attached hydrogens (primary N) is 1. The molecule has 2 rings (SSSR count). The molecule has 0 atom stereocenters. The topological polar surface area (TPSA) is 38.9 Å². The van der Waals surface area contributed by atoms with Crippen molar-refractivity contribution in [2.45, 2.75) is 17.6 Å². The average molecular weight is 254 g/mol. The summed E-state index contributed by atoms with van der Waals surface area (Å²) in [7, 11) is 0. The number of aromatic nitrogens is 1. The smallest absolute Gasteiger partial charge is 0.125 e. The largest absolute Gasteiger partial charge is 0.398 e. The Morgan fingerprint density at radius 3 is 2.94 bits per heavy atom. The van der Waals surface area contributed by atoms with Gasteiger partial charge in [-0.05, 0) is 25.1 Å². The predicted molar refractivity (Wildman–Crippen MR) is 67.2 cm³/mol. The van der Waals surface area contributed by atoms with Crippen LogP contribution in [0.1, 0.15) is 9.88 Å². The van der Waals surface area contributed by atoms with E-state index in [0.717, 1.165) is 15.7 Å². The van der Waals surface area contributed by atoms with Crippen LogP contribution in [0.4, 0.5) is 10.1 Å². The van der Waals surface area contributed by atoms with E-state index < -0.39 is 0 Å². The van der Waals surface area contributed by atoms with E-state index in [0.29, 0.717) is 5.69 Å². The lowest BCUT2D eigenvalue weighted by Gasteiger charge is -2.03. The van der Waals surface area contributed by atoms with Crippen LogP contribution in [0.5, 0.6) is 0 Å². The van der Waals surface area contributed by atoms with Gasteiger partial charge >= 0.3 is 0 Å². The van der Waals surface area contributed by atoms with Crippen LogP contribution in [-0.2, 0) is 5.75 Å². The second-order valence-electron chi connectivity index (χ2n) is 3.32. The molecule has 84 valence electrons. The first-order chi connectivity index (χ1) is 7.65. The van der Waals surface area contributed by atoms with E-state index in [2.05, 4.69) is 4.98 Å². The van der Waals surface area contributed by atoms with Gasteiger partial charge in [-0.3, -0.25) is 0 Å². The summed E-state index contributed by atoms with van der Waals surface area (Å²) in [4.78, 5) is 6.29. The first-order valence-electron chi connectivity index (χ1n) is 4.74. The third kappa shape index (κ3) is 2.74. The normalized spacial score (nSPS) is 10.6. The van der Waals surface area contributed by atoms with Crippen molar-refractivity contribution in [3.63, 3.8) is 0 Å². The SMILES string of the molecule is Cc1ncc(CSc2ccc(F)cc2N)s1. The van der Waals surface area contributed by atoms with Crippen molar-refractivity contribution in [1.29, 1.82) is 0 Å². The molecule has 1 heterocycles. The highest BCUT2D eigenvalue weighted by atomic mass is 32.2. The Balaban J connectivity index is 2.04. The number of nitrogens with zero attached hydrogens (tertiary/aromatic N) is 1. The average Bonchev–Trinajstić information content (AvgIpc) is 2.63. The van der Waals surface area contributed by atoms with Crippen molar-refractivity contribution in [3.8, 4) is 0 Å². The fourth-order valence-electron chi connectivity index (χ4n) is 1.27. The lowest BCUT2D eigenvalue weighted by atomic mass is 10.3. The molecule has 1 aromatic heterocycles. The van der Waals surface area contributed by atoms with Gasteiger partial charge in [0, 0.05) is 27.4 Å². The molecule has 0 saturated heterocycles. The second kappa shape index (κ2) is 4.84. The monoisotopic (exact) mass is 254 g/mol. The number of nitrogen functional groups attached to an aromatic ring is 1. The number of hydrogen-bond acceptors (Lipinski definition) is 4. The molecule has 2 aromatic rings. The molecule has 0 spiro atoms. The minimum Gasteiger partial charge on any atom is -0.398 e. The zero-order chi connectivity index (χ0) is 11.5. The summed E-state index contributed by atoms with van der Waals surface area (Å²) in [6.07, 6.45) is 1.87. The molecule has 2 N–H and O–H groups in total. The zero-order valence-electron chi connectivity index (χ0n) is 8.74. The van der Waals surface area contributed by atoms with Gasteiger partial charge in [-0.1, -0.05) is 0 Å². The van der Waals surface area contributed by atoms with Gasteiger partial charge in [0.25, 0.3) is 0 Å². The van der Waals surface area contributed by atoms with E-state index >= 15 is 0 Å². The summed E-state index contributed by atoms with van der Waals surface area (Å²) in [5.74, 6) is 0.525. The number of thiazole rings is 1. The van der Waals surface area contributed by atoms with E-state index in [1.165, 1.54) is 17.0 Å². The molecule has 0 fully saturated rings. The number of anilines is 1. The molecule has 2 nitrogen and oxygen atoms in total. The standard InChI is InChI=1S/C11H11FN2S2/c1-7-14-5-9(16-7)6-15-11-3-2-8(12)4-10(11)13/h2-5H,6,13H2,1H3. The van der Waals surface area contributed by atoms with E-state index in [4.69, 9.17) is 5.73 Å².